The Morgan fingerprint density at radius 3 is 2.12 bits per heavy atom. The van der Waals surface area contributed by atoms with Crippen LogP contribution < -0.4 is 0 Å². The first kappa shape index (κ1) is 26.8. The molecule has 5 aliphatic rings. The minimum absolute atomic E-state index is 0. The molecule has 0 aromatic rings. The van der Waals surface area contributed by atoms with E-state index in [0.717, 1.165) is 38.5 Å². The van der Waals surface area contributed by atoms with Crippen molar-refractivity contribution in [3.8, 4) is 0 Å². The van der Waals surface area contributed by atoms with Crippen LogP contribution in [0.3, 0.4) is 0 Å². The van der Waals surface area contributed by atoms with Crippen molar-refractivity contribution >= 4 is 5.97 Å². The van der Waals surface area contributed by atoms with Crippen molar-refractivity contribution in [3.05, 3.63) is 12.2 Å². The maximum atomic E-state index is 12.8. The molecule has 0 bridgehead atoms. The molecule has 0 aromatic heterocycles. The summed E-state index contributed by atoms with van der Waals surface area (Å²) in [5, 5.41) is 21.4. The van der Waals surface area contributed by atoms with Crippen molar-refractivity contribution in [2.45, 2.75) is 112 Å². The molecule has 0 heterocycles. The summed E-state index contributed by atoms with van der Waals surface area (Å²) in [6.07, 6.45) is 10.5. The molecule has 1 radical (unpaired) electrons. The van der Waals surface area contributed by atoms with Gasteiger partial charge >= 0.3 is 5.97 Å². The summed E-state index contributed by atoms with van der Waals surface area (Å²) in [6, 6.07) is 0. The van der Waals surface area contributed by atoms with Gasteiger partial charge in [0.1, 0.15) is 0 Å². The van der Waals surface area contributed by atoms with Crippen molar-refractivity contribution in [3.63, 3.8) is 0 Å². The van der Waals surface area contributed by atoms with E-state index in [2.05, 4.69) is 48.1 Å². The maximum absolute atomic E-state index is 12.8. The average Bonchev–Trinajstić information content (AvgIpc) is 3.13. The van der Waals surface area contributed by atoms with Gasteiger partial charge in [-0.2, -0.15) is 0 Å². The summed E-state index contributed by atoms with van der Waals surface area (Å²) in [5.74, 6) is 1.79. The van der Waals surface area contributed by atoms with Crippen LogP contribution in [0, 0.1) is 56.7 Å². The first-order valence-corrected chi connectivity index (χ1v) is 13.8. The van der Waals surface area contributed by atoms with Gasteiger partial charge in [0.15, 0.2) is 0 Å². The number of carboxylic acid groups (broad SMARTS) is 1. The number of carbonyl (C=O) groups is 1. The number of aliphatic carboxylic acids is 1. The van der Waals surface area contributed by atoms with Gasteiger partial charge in [-0.1, -0.05) is 46.8 Å². The first-order chi connectivity index (χ1) is 15.3. The molecule has 7 unspecified atom stereocenters. The quantitative estimate of drug-likeness (QED) is 0.393. The van der Waals surface area contributed by atoms with Gasteiger partial charge < -0.3 is 10.2 Å². The molecule has 4 heteroatoms. The Hall–Kier alpha value is -0.246. The molecule has 3 nitrogen and oxygen atoms in total. The van der Waals surface area contributed by atoms with Crippen LogP contribution in [-0.4, -0.2) is 22.3 Å². The van der Waals surface area contributed by atoms with Gasteiger partial charge in [0.05, 0.1) is 11.5 Å². The summed E-state index contributed by atoms with van der Waals surface area (Å²) >= 11 is 0. The molecule has 5 fully saturated rings. The third-order valence-electron chi connectivity index (χ3n) is 13.5. The number of hydrogen-bond acceptors (Lipinski definition) is 2. The predicted octanol–water partition coefficient (Wildman–Crippen LogP) is 7.09. The number of carboxylic acids is 1. The Balaban J connectivity index is 0.00000274. The molecule has 191 valence electrons. The fourth-order valence-corrected chi connectivity index (χ4v) is 11.5. The van der Waals surface area contributed by atoms with Gasteiger partial charge in [-0.05, 0) is 122 Å². The van der Waals surface area contributed by atoms with Gasteiger partial charge in [-0.25, -0.2) is 0 Å². The second-order valence-electron chi connectivity index (χ2n) is 14.5. The second-order valence-corrected chi connectivity index (χ2v) is 14.5. The summed E-state index contributed by atoms with van der Waals surface area (Å²) in [6.45, 7) is 18.8. The molecule has 34 heavy (non-hydrogen) atoms. The molecular weight excluding hydrogens is 459 g/mol. The van der Waals surface area contributed by atoms with Crippen molar-refractivity contribution in [2.75, 3.05) is 0 Å². The number of aliphatic hydroxyl groups is 1. The Kier molecular flexibility index (Phi) is 6.41. The van der Waals surface area contributed by atoms with Crippen LogP contribution in [0.5, 0.6) is 0 Å². The van der Waals surface area contributed by atoms with Crippen LogP contribution in [0.4, 0.5) is 0 Å². The van der Waals surface area contributed by atoms with Crippen molar-refractivity contribution in [2.24, 2.45) is 56.7 Å². The smallest absolute Gasteiger partial charge is 0.309 e. The van der Waals surface area contributed by atoms with Crippen LogP contribution in [0.2, 0.25) is 0 Å². The molecule has 2 N–H and O–H groups in total. The second kappa shape index (κ2) is 8.13. The third-order valence-corrected chi connectivity index (χ3v) is 13.5. The van der Waals surface area contributed by atoms with E-state index in [0.29, 0.717) is 23.7 Å². The Labute approximate surface area is 219 Å². The summed E-state index contributed by atoms with van der Waals surface area (Å²) in [5.41, 5.74) is 1.35. The van der Waals surface area contributed by atoms with Crippen molar-refractivity contribution in [1.29, 1.82) is 0 Å². The topological polar surface area (TPSA) is 57.5 Å². The molecule has 10 atom stereocenters. The Bertz CT molecular complexity index is 867. The normalized spacial score (nSPS) is 53.4. The molecule has 5 saturated carbocycles. The Morgan fingerprint density at radius 2 is 1.50 bits per heavy atom. The standard InChI is InChI=1S/C30H48O3.V/c1-18(2)19-10-15-30(25(32)33)17-16-28(6)20(24(19)30)8-9-22-27(5)13-12-23(31)26(3,4)21(27)11-14-29(22,28)7;/h19-24,31H,1,8-17H2,2-7H3,(H,32,33);/t19?,20?,21?,22?,23?,24?,27-,28+,29+,30?;/m0./s1. The van der Waals surface area contributed by atoms with Gasteiger partial charge in [-0.15, -0.1) is 0 Å². The molecule has 0 aliphatic heterocycles. The summed E-state index contributed by atoms with van der Waals surface area (Å²) in [7, 11) is 0. The number of rotatable bonds is 2. The molecule has 5 rings (SSSR count). The maximum Gasteiger partial charge on any atom is 0.309 e. The molecule has 0 aromatic carbocycles. The summed E-state index contributed by atoms with van der Waals surface area (Å²) in [4.78, 5) is 12.8. The van der Waals surface area contributed by atoms with Crippen LogP contribution in [0.1, 0.15) is 106 Å². The van der Waals surface area contributed by atoms with Crippen molar-refractivity contribution in [1.82, 2.24) is 0 Å². The van der Waals surface area contributed by atoms with E-state index < -0.39 is 11.4 Å². The zero-order chi connectivity index (χ0) is 24.2. The van der Waals surface area contributed by atoms with E-state index >= 15 is 0 Å². The summed E-state index contributed by atoms with van der Waals surface area (Å²) < 4.78 is 0. The largest absolute Gasteiger partial charge is 0.481 e. The van der Waals surface area contributed by atoms with E-state index in [1.54, 1.807) is 0 Å². The van der Waals surface area contributed by atoms with E-state index in [4.69, 9.17) is 0 Å². The number of fused-ring (bicyclic) bond motifs is 7. The molecule has 5 aliphatic carbocycles. The third kappa shape index (κ3) is 3.08. The fourth-order valence-electron chi connectivity index (χ4n) is 11.5. The van der Waals surface area contributed by atoms with E-state index in [1.807, 2.05) is 0 Å². The molecule has 0 amide bonds. The van der Waals surface area contributed by atoms with Gasteiger partial charge in [-0.3, -0.25) is 4.79 Å². The monoisotopic (exact) mass is 507 g/mol. The fraction of sp³-hybridized carbons (Fsp3) is 0.900. The van der Waals surface area contributed by atoms with Gasteiger partial charge in [0, 0.05) is 18.6 Å². The molecular formula is C30H48O3V. The first-order valence-electron chi connectivity index (χ1n) is 13.8. The van der Waals surface area contributed by atoms with E-state index in [-0.39, 0.29) is 52.2 Å². The van der Waals surface area contributed by atoms with E-state index in [1.165, 1.54) is 31.3 Å². The predicted molar refractivity (Wildman–Crippen MR) is 133 cm³/mol. The average molecular weight is 508 g/mol. The van der Waals surface area contributed by atoms with Gasteiger partial charge in [0.2, 0.25) is 0 Å². The zero-order valence-corrected chi connectivity index (χ0v) is 23.9. The van der Waals surface area contributed by atoms with Crippen LogP contribution in [-0.2, 0) is 23.4 Å². The van der Waals surface area contributed by atoms with E-state index in [9.17, 15) is 15.0 Å². The number of aliphatic hydroxyl groups excluding tert-OH is 1. The minimum atomic E-state index is -0.538. The number of allylic oxidation sites excluding steroid dienone is 1. The molecule has 0 spiro atoms. The zero-order valence-electron chi connectivity index (χ0n) is 22.5. The minimum Gasteiger partial charge on any atom is -0.481 e. The number of hydrogen-bond donors (Lipinski definition) is 2. The van der Waals surface area contributed by atoms with Crippen molar-refractivity contribution < 1.29 is 33.6 Å². The molecule has 0 saturated heterocycles. The van der Waals surface area contributed by atoms with Crippen LogP contribution >= 0.6 is 0 Å². The SMILES string of the molecule is C=C(C)C1CCC2(C(=O)O)CC[C@]3(C)C(CCC4[C@@]5(C)CCC(O)C(C)(C)C5CC[C@]43C)C12.[V]. The van der Waals surface area contributed by atoms with Crippen LogP contribution in [0.15, 0.2) is 12.2 Å². The van der Waals surface area contributed by atoms with Gasteiger partial charge in [0.25, 0.3) is 0 Å². The van der Waals surface area contributed by atoms with Crippen LogP contribution in [0.25, 0.3) is 0 Å². The Morgan fingerprint density at radius 1 is 0.824 bits per heavy atom.